The molecule has 3 rings (SSSR count). The Kier molecular flexibility index (Phi) is 5.22. The van der Waals surface area contributed by atoms with Gasteiger partial charge in [-0.15, -0.1) is 0 Å². The molecule has 0 radical (unpaired) electrons. The van der Waals surface area contributed by atoms with E-state index in [4.69, 9.17) is 0 Å². The highest BCUT2D eigenvalue weighted by atomic mass is 15.3. The molecule has 4 nitrogen and oxygen atoms in total. The molecule has 0 spiro atoms. The zero-order valence-corrected chi connectivity index (χ0v) is 15.3. The molecule has 0 aromatic carbocycles. The Balaban J connectivity index is 1.55. The van der Waals surface area contributed by atoms with Gasteiger partial charge in [0.1, 0.15) is 0 Å². The molecule has 1 atom stereocenters. The van der Waals surface area contributed by atoms with Crippen LogP contribution in [0.25, 0.3) is 0 Å². The number of aromatic nitrogens is 1. The Morgan fingerprint density at radius 3 is 2.09 bits per heavy atom. The standard InChI is InChI=1S/C19H32N4/c1-15-13-19(14-16(2)20-15)23-7-5-18(6-8-23)17(3)22-11-9-21(4)10-12-22/h13-14,17-18H,5-12H2,1-4H3. The van der Waals surface area contributed by atoms with Crippen molar-refractivity contribution >= 4 is 5.69 Å². The molecule has 4 heteroatoms. The molecule has 0 bridgehead atoms. The van der Waals surface area contributed by atoms with Crippen LogP contribution in [-0.4, -0.2) is 67.1 Å². The molecule has 3 heterocycles. The van der Waals surface area contributed by atoms with Crippen molar-refractivity contribution in [2.24, 2.45) is 5.92 Å². The minimum absolute atomic E-state index is 0.728. The van der Waals surface area contributed by atoms with Gasteiger partial charge in [-0.25, -0.2) is 0 Å². The fourth-order valence-corrected chi connectivity index (χ4v) is 4.16. The van der Waals surface area contributed by atoms with Crippen molar-refractivity contribution < 1.29 is 0 Å². The van der Waals surface area contributed by atoms with Gasteiger partial charge < -0.3 is 9.80 Å². The lowest BCUT2D eigenvalue weighted by atomic mass is 9.89. The van der Waals surface area contributed by atoms with Gasteiger partial charge in [0, 0.05) is 62.4 Å². The van der Waals surface area contributed by atoms with Gasteiger partial charge in [0.05, 0.1) is 0 Å². The third kappa shape index (κ3) is 4.04. The first kappa shape index (κ1) is 16.7. The van der Waals surface area contributed by atoms with Crippen molar-refractivity contribution in [3.63, 3.8) is 0 Å². The fourth-order valence-electron chi connectivity index (χ4n) is 4.16. The summed E-state index contributed by atoms with van der Waals surface area (Å²) in [5.74, 6) is 0.846. The second kappa shape index (κ2) is 7.18. The molecule has 23 heavy (non-hydrogen) atoms. The van der Waals surface area contributed by atoms with E-state index in [0.29, 0.717) is 0 Å². The SMILES string of the molecule is Cc1cc(N2CCC(C(C)N3CCN(C)CC3)CC2)cc(C)n1. The van der Waals surface area contributed by atoms with Crippen LogP contribution in [0, 0.1) is 19.8 Å². The predicted octanol–water partition coefficient (Wildman–Crippen LogP) is 2.55. The van der Waals surface area contributed by atoms with Crippen LogP contribution in [0.15, 0.2) is 12.1 Å². The highest BCUT2D eigenvalue weighted by molar-refractivity contribution is 5.48. The van der Waals surface area contributed by atoms with Crippen molar-refractivity contribution in [2.45, 2.75) is 39.7 Å². The molecule has 2 saturated heterocycles. The summed E-state index contributed by atoms with van der Waals surface area (Å²) in [6.07, 6.45) is 2.63. The lowest BCUT2D eigenvalue weighted by molar-refractivity contribution is 0.0814. The van der Waals surface area contributed by atoms with E-state index in [9.17, 15) is 0 Å². The molecule has 1 unspecified atom stereocenters. The summed E-state index contributed by atoms with van der Waals surface area (Å²) in [5.41, 5.74) is 3.63. The maximum Gasteiger partial charge on any atom is 0.0402 e. The second-order valence-corrected chi connectivity index (χ2v) is 7.51. The molecule has 0 amide bonds. The topological polar surface area (TPSA) is 22.6 Å². The molecular weight excluding hydrogens is 284 g/mol. The molecule has 2 aliphatic rings. The molecule has 2 aliphatic heterocycles. The maximum atomic E-state index is 4.50. The summed E-state index contributed by atoms with van der Waals surface area (Å²) in [4.78, 5) is 12.2. The smallest absolute Gasteiger partial charge is 0.0402 e. The summed E-state index contributed by atoms with van der Waals surface area (Å²) in [6.45, 7) is 13.9. The average molecular weight is 316 g/mol. The first-order chi connectivity index (χ1) is 11.0. The number of nitrogens with zero attached hydrogens (tertiary/aromatic N) is 4. The molecule has 0 aliphatic carbocycles. The number of hydrogen-bond donors (Lipinski definition) is 0. The summed E-state index contributed by atoms with van der Waals surface area (Å²) in [5, 5.41) is 0. The van der Waals surface area contributed by atoms with Crippen molar-refractivity contribution in [3.8, 4) is 0 Å². The molecule has 0 saturated carbocycles. The lowest BCUT2D eigenvalue weighted by Gasteiger charge is -2.43. The highest BCUT2D eigenvalue weighted by Crippen LogP contribution is 2.28. The summed E-state index contributed by atoms with van der Waals surface area (Å²) >= 11 is 0. The zero-order chi connectivity index (χ0) is 16.4. The average Bonchev–Trinajstić information content (AvgIpc) is 2.54. The van der Waals surface area contributed by atoms with Crippen LogP contribution in [0.1, 0.15) is 31.2 Å². The van der Waals surface area contributed by atoms with Gasteiger partial charge in [0.15, 0.2) is 0 Å². The molecule has 128 valence electrons. The van der Waals surface area contributed by atoms with E-state index >= 15 is 0 Å². The van der Waals surface area contributed by atoms with E-state index in [1.165, 1.54) is 57.8 Å². The van der Waals surface area contributed by atoms with E-state index in [1.54, 1.807) is 0 Å². The monoisotopic (exact) mass is 316 g/mol. The zero-order valence-electron chi connectivity index (χ0n) is 15.3. The minimum atomic E-state index is 0.728. The van der Waals surface area contributed by atoms with Crippen LogP contribution in [0.5, 0.6) is 0 Å². The van der Waals surface area contributed by atoms with Crippen LogP contribution < -0.4 is 4.90 Å². The van der Waals surface area contributed by atoms with Gasteiger partial charge in [0.25, 0.3) is 0 Å². The van der Waals surface area contributed by atoms with Gasteiger partial charge in [-0.3, -0.25) is 9.88 Å². The van der Waals surface area contributed by atoms with Gasteiger partial charge in [-0.1, -0.05) is 0 Å². The van der Waals surface area contributed by atoms with Crippen molar-refractivity contribution in [2.75, 3.05) is 51.2 Å². The van der Waals surface area contributed by atoms with E-state index in [1.807, 2.05) is 0 Å². The minimum Gasteiger partial charge on any atom is -0.371 e. The molecule has 1 aromatic heterocycles. The lowest BCUT2D eigenvalue weighted by Crippen LogP contribution is -2.51. The van der Waals surface area contributed by atoms with E-state index in [0.717, 1.165) is 23.3 Å². The molecular formula is C19H32N4. The third-order valence-corrected chi connectivity index (χ3v) is 5.77. The first-order valence-corrected chi connectivity index (χ1v) is 9.16. The van der Waals surface area contributed by atoms with Crippen LogP contribution in [-0.2, 0) is 0 Å². The Bertz CT molecular complexity index is 494. The van der Waals surface area contributed by atoms with Crippen LogP contribution in [0.2, 0.25) is 0 Å². The van der Waals surface area contributed by atoms with Crippen molar-refractivity contribution in [3.05, 3.63) is 23.5 Å². The van der Waals surface area contributed by atoms with E-state index < -0.39 is 0 Å². The van der Waals surface area contributed by atoms with E-state index in [-0.39, 0.29) is 0 Å². The number of pyridine rings is 1. The Labute approximate surface area is 141 Å². The number of piperidine rings is 1. The first-order valence-electron chi connectivity index (χ1n) is 9.16. The third-order valence-electron chi connectivity index (χ3n) is 5.77. The summed E-state index contributed by atoms with van der Waals surface area (Å²) in [6, 6.07) is 5.20. The largest absolute Gasteiger partial charge is 0.371 e. The van der Waals surface area contributed by atoms with Crippen LogP contribution >= 0.6 is 0 Å². The number of rotatable bonds is 3. The van der Waals surface area contributed by atoms with Crippen molar-refractivity contribution in [1.29, 1.82) is 0 Å². The Hall–Kier alpha value is -1.13. The van der Waals surface area contributed by atoms with Gasteiger partial charge in [-0.2, -0.15) is 0 Å². The number of likely N-dealkylation sites (N-methyl/N-ethyl adjacent to an activating group) is 1. The predicted molar refractivity (Wildman–Crippen MR) is 97.2 cm³/mol. The van der Waals surface area contributed by atoms with Gasteiger partial charge >= 0.3 is 0 Å². The van der Waals surface area contributed by atoms with Crippen molar-refractivity contribution in [1.82, 2.24) is 14.8 Å². The number of aryl methyl sites for hydroxylation is 2. The van der Waals surface area contributed by atoms with Gasteiger partial charge in [-0.05, 0) is 58.7 Å². The molecule has 2 fully saturated rings. The number of anilines is 1. The fraction of sp³-hybridized carbons (Fsp3) is 0.737. The number of piperazine rings is 1. The quantitative estimate of drug-likeness (QED) is 0.855. The van der Waals surface area contributed by atoms with Gasteiger partial charge in [0.2, 0.25) is 0 Å². The summed E-state index contributed by atoms with van der Waals surface area (Å²) < 4.78 is 0. The highest BCUT2D eigenvalue weighted by Gasteiger charge is 2.29. The molecule has 1 aromatic rings. The Morgan fingerprint density at radius 1 is 0.957 bits per heavy atom. The summed E-state index contributed by atoms with van der Waals surface area (Å²) in [7, 11) is 2.24. The number of hydrogen-bond acceptors (Lipinski definition) is 4. The van der Waals surface area contributed by atoms with E-state index in [2.05, 4.69) is 59.6 Å². The second-order valence-electron chi connectivity index (χ2n) is 7.51. The Morgan fingerprint density at radius 2 is 1.52 bits per heavy atom. The van der Waals surface area contributed by atoms with Crippen LogP contribution in [0.3, 0.4) is 0 Å². The van der Waals surface area contributed by atoms with Crippen LogP contribution in [0.4, 0.5) is 5.69 Å². The maximum absolute atomic E-state index is 4.50. The molecule has 0 N–H and O–H groups in total. The normalized spacial score (nSPS) is 23.2.